The van der Waals surface area contributed by atoms with Gasteiger partial charge >= 0.3 is 6.09 Å². The molecule has 0 fully saturated rings. The Morgan fingerprint density at radius 2 is 2.37 bits per heavy atom. The van der Waals surface area contributed by atoms with Crippen molar-refractivity contribution in [3.05, 3.63) is 30.1 Å². The number of anilines is 1. The molecule has 0 aliphatic heterocycles. The lowest BCUT2D eigenvalue weighted by molar-refractivity contribution is 0.131. The van der Waals surface area contributed by atoms with Crippen molar-refractivity contribution in [1.29, 1.82) is 0 Å². The first-order chi connectivity index (χ1) is 9.20. The van der Waals surface area contributed by atoms with E-state index in [0.29, 0.717) is 5.69 Å². The number of benzene rings is 1. The van der Waals surface area contributed by atoms with E-state index in [1.807, 2.05) is 6.92 Å². The molecule has 2 aromatic rings. The number of carbonyl (C=O) groups is 1. The van der Waals surface area contributed by atoms with Gasteiger partial charge in [0.15, 0.2) is 0 Å². The number of aryl methyl sites for hydroxylation is 1. The summed E-state index contributed by atoms with van der Waals surface area (Å²) >= 11 is 0. The monoisotopic (exact) mass is 263 g/mol. The lowest BCUT2D eigenvalue weighted by atomic mass is 10.2. The lowest BCUT2D eigenvalue weighted by Crippen LogP contribution is -2.16. The first-order valence-corrected chi connectivity index (χ1v) is 5.59. The lowest BCUT2D eigenvalue weighted by Gasteiger charge is -2.09. The molecule has 0 saturated carbocycles. The van der Waals surface area contributed by atoms with Gasteiger partial charge in [0.25, 0.3) is 0 Å². The summed E-state index contributed by atoms with van der Waals surface area (Å²) in [6.07, 6.45) is 0.883. The molecule has 0 atom stereocenters. The molecule has 8 heteroatoms. The van der Waals surface area contributed by atoms with Crippen LogP contribution in [-0.2, 0) is 4.74 Å². The van der Waals surface area contributed by atoms with E-state index in [0.717, 1.165) is 11.3 Å². The minimum absolute atomic E-state index is 0.0342. The van der Waals surface area contributed by atoms with Crippen LogP contribution in [0, 0.1) is 6.92 Å². The molecule has 8 nitrogen and oxygen atoms in total. The molecule has 0 aliphatic carbocycles. The minimum Gasteiger partial charge on any atom is -0.447 e. The normalized spacial score (nSPS) is 10.2. The predicted octanol–water partition coefficient (Wildman–Crippen LogP) is 0.512. The van der Waals surface area contributed by atoms with E-state index in [2.05, 4.69) is 20.8 Å². The third-order valence-corrected chi connectivity index (χ3v) is 2.36. The summed E-state index contributed by atoms with van der Waals surface area (Å²) in [6.45, 7) is 1.64. The van der Waals surface area contributed by atoms with Gasteiger partial charge in [-0.3, -0.25) is 5.32 Å². The van der Waals surface area contributed by atoms with Crippen LogP contribution in [0.25, 0.3) is 5.69 Å². The second-order valence-electron chi connectivity index (χ2n) is 3.74. The van der Waals surface area contributed by atoms with Crippen LogP contribution in [0.2, 0.25) is 0 Å². The molecule has 1 aromatic heterocycles. The van der Waals surface area contributed by atoms with Gasteiger partial charge in [-0.2, -0.15) is 0 Å². The third kappa shape index (κ3) is 3.26. The number of hydrogen-bond acceptors (Lipinski definition) is 6. The number of aliphatic hydroxyl groups is 1. The van der Waals surface area contributed by atoms with Crippen molar-refractivity contribution in [2.75, 3.05) is 18.5 Å². The molecule has 0 radical (unpaired) electrons. The number of tetrazole rings is 1. The first kappa shape index (κ1) is 13.0. The van der Waals surface area contributed by atoms with Gasteiger partial charge in [-0.15, -0.1) is 5.10 Å². The number of aliphatic hydroxyl groups excluding tert-OH is 1. The highest BCUT2D eigenvalue weighted by Crippen LogP contribution is 2.17. The molecule has 0 bridgehead atoms. The number of hydrogen-bond donors (Lipinski definition) is 2. The molecule has 1 heterocycles. The van der Waals surface area contributed by atoms with Gasteiger partial charge in [0.05, 0.1) is 12.3 Å². The van der Waals surface area contributed by atoms with Crippen LogP contribution in [0.1, 0.15) is 5.56 Å². The van der Waals surface area contributed by atoms with Crippen molar-refractivity contribution in [1.82, 2.24) is 20.2 Å². The van der Waals surface area contributed by atoms with Crippen LogP contribution < -0.4 is 5.32 Å². The third-order valence-electron chi connectivity index (χ3n) is 2.36. The molecule has 0 spiro atoms. The van der Waals surface area contributed by atoms with Crippen LogP contribution in [-0.4, -0.2) is 44.6 Å². The second kappa shape index (κ2) is 5.91. The Morgan fingerprint density at radius 1 is 1.53 bits per heavy atom. The van der Waals surface area contributed by atoms with E-state index in [4.69, 9.17) is 9.84 Å². The predicted molar refractivity (Wildman–Crippen MR) is 65.9 cm³/mol. The Hall–Kier alpha value is -2.48. The SMILES string of the molecule is Cc1cc(NC(=O)OCCO)ccc1-n1cnnn1. The summed E-state index contributed by atoms with van der Waals surface area (Å²) in [5.74, 6) is 0. The van der Waals surface area contributed by atoms with Crippen LogP contribution in [0.3, 0.4) is 0 Å². The van der Waals surface area contributed by atoms with Crippen LogP contribution in [0.4, 0.5) is 10.5 Å². The van der Waals surface area contributed by atoms with E-state index in [9.17, 15) is 4.79 Å². The number of aromatic nitrogens is 4. The summed E-state index contributed by atoms with van der Waals surface area (Å²) in [4.78, 5) is 11.3. The van der Waals surface area contributed by atoms with Gasteiger partial charge in [0, 0.05) is 5.69 Å². The molecule has 2 N–H and O–H groups in total. The van der Waals surface area contributed by atoms with Crippen molar-refractivity contribution in [2.24, 2.45) is 0 Å². The number of carbonyl (C=O) groups excluding carboxylic acids is 1. The highest BCUT2D eigenvalue weighted by atomic mass is 16.6. The van der Waals surface area contributed by atoms with Crippen molar-refractivity contribution in [3.63, 3.8) is 0 Å². The molecule has 1 aromatic carbocycles. The molecule has 0 saturated heterocycles. The zero-order valence-corrected chi connectivity index (χ0v) is 10.3. The highest BCUT2D eigenvalue weighted by molar-refractivity contribution is 5.84. The number of rotatable bonds is 4. The smallest absolute Gasteiger partial charge is 0.411 e. The number of nitrogens with zero attached hydrogens (tertiary/aromatic N) is 4. The van der Waals surface area contributed by atoms with Gasteiger partial charge in [-0.05, 0) is 41.1 Å². The Labute approximate surface area is 109 Å². The number of ether oxygens (including phenoxy) is 1. The molecular formula is C11H13N5O3. The Morgan fingerprint density at radius 3 is 3.00 bits per heavy atom. The molecule has 0 aliphatic rings. The fourth-order valence-electron chi connectivity index (χ4n) is 1.55. The van der Waals surface area contributed by atoms with Crippen LogP contribution in [0.15, 0.2) is 24.5 Å². The molecular weight excluding hydrogens is 250 g/mol. The second-order valence-corrected chi connectivity index (χ2v) is 3.74. The van der Waals surface area contributed by atoms with Gasteiger partial charge in [0.1, 0.15) is 12.9 Å². The largest absolute Gasteiger partial charge is 0.447 e. The fourth-order valence-corrected chi connectivity index (χ4v) is 1.55. The van der Waals surface area contributed by atoms with E-state index in [-0.39, 0.29) is 13.2 Å². The average molecular weight is 263 g/mol. The topological polar surface area (TPSA) is 102 Å². The summed E-state index contributed by atoms with van der Waals surface area (Å²) in [6, 6.07) is 5.27. The number of amides is 1. The summed E-state index contributed by atoms with van der Waals surface area (Å²) in [5.41, 5.74) is 2.31. The van der Waals surface area contributed by atoms with Gasteiger partial charge in [-0.1, -0.05) is 0 Å². The Bertz CT molecular complexity index is 555. The maximum atomic E-state index is 11.3. The van der Waals surface area contributed by atoms with Crippen molar-refractivity contribution in [3.8, 4) is 5.69 Å². The zero-order chi connectivity index (χ0) is 13.7. The zero-order valence-electron chi connectivity index (χ0n) is 10.3. The Balaban J connectivity index is 2.09. The van der Waals surface area contributed by atoms with Crippen molar-refractivity contribution < 1.29 is 14.6 Å². The standard InChI is InChI=1S/C11H13N5O3/c1-8-6-9(13-11(18)19-5-4-17)2-3-10(8)16-7-12-14-15-16/h2-3,6-7,17H,4-5H2,1H3,(H,13,18). The first-order valence-electron chi connectivity index (χ1n) is 5.59. The maximum Gasteiger partial charge on any atom is 0.411 e. The summed E-state index contributed by atoms with van der Waals surface area (Å²) in [7, 11) is 0. The highest BCUT2D eigenvalue weighted by Gasteiger charge is 2.06. The minimum atomic E-state index is -0.608. The van der Waals surface area contributed by atoms with Crippen molar-refractivity contribution in [2.45, 2.75) is 6.92 Å². The van der Waals surface area contributed by atoms with Crippen LogP contribution in [0.5, 0.6) is 0 Å². The van der Waals surface area contributed by atoms with E-state index >= 15 is 0 Å². The summed E-state index contributed by atoms with van der Waals surface area (Å²) < 4.78 is 6.23. The fraction of sp³-hybridized carbons (Fsp3) is 0.273. The van der Waals surface area contributed by atoms with Crippen molar-refractivity contribution >= 4 is 11.8 Å². The molecule has 19 heavy (non-hydrogen) atoms. The van der Waals surface area contributed by atoms with Gasteiger partial charge in [0.2, 0.25) is 0 Å². The van der Waals surface area contributed by atoms with Crippen LogP contribution >= 0.6 is 0 Å². The molecule has 100 valence electrons. The summed E-state index contributed by atoms with van der Waals surface area (Å²) in [5, 5.41) is 22.0. The molecule has 1 amide bonds. The average Bonchev–Trinajstić information content (AvgIpc) is 2.90. The number of nitrogens with one attached hydrogen (secondary N) is 1. The molecule has 0 unspecified atom stereocenters. The van der Waals surface area contributed by atoms with E-state index < -0.39 is 6.09 Å². The Kier molecular flexibility index (Phi) is 4.04. The van der Waals surface area contributed by atoms with Gasteiger partial charge in [-0.25, -0.2) is 9.48 Å². The van der Waals surface area contributed by atoms with Gasteiger partial charge < -0.3 is 9.84 Å². The maximum absolute atomic E-state index is 11.3. The van der Waals surface area contributed by atoms with E-state index in [1.54, 1.807) is 18.2 Å². The van der Waals surface area contributed by atoms with E-state index in [1.165, 1.54) is 11.0 Å². The quantitative estimate of drug-likeness (QED) is 0.833. The molecule has 2 rings (SSSR count).